The van der Waals surface area contributed by atoms with Gasteiger partial charge in [0.05, 0.1) is 18.2 Å². The van der Waals surface area contributed by atoms with Crippen molar-refractivity contribution in [2.45, 2.75) is 19.9 Å². The number of halogens is 2. The molecule has 0 aliphatic carbocycles. The van der Waals surface area contributed by atoms with E-state index in [2.05, 4.69) is 10.6 Å². The lowest BCUT2D eigenvalue weighted by Gasteiger charge is -2.30. The third-order valence-electron chi connectivity index (χ3n) is 3.04. The van der Waals surface area contributed by atoms with E-state index >= 15 is 0 Å². The van der Waals surface area contributed by atoms with Gasteiger partial charge in [0.2, 0.25) is 0 Å². The summed E-state index contributed by atoms with van der Waals surface area (Å²) in [6.07, 6.45) is 0. The highest BCUT2D eigenvalue weighted by atomic mass is 35.5. The Bertz CT molecular complexity index is 631. The Hall–Kier alpha value is -1.30. The monoisotopic (exact) mass is 344 g/mol. The summed E-state index contributed by atoms with van der Waals surface area (Å²) in [4.78, 5) is 12.2. The van der Waals surface area contributed by atoms with Gasteiger partial charge < -0.3 is 15.4 Å². The minimum Gasteiger partial charge on any atom is -0.463 e. The molecule has 0 saturated heterocycles. The van der Waals surface area contributed by atoms with Gasteiger partial charge >= 0.3 is 5.97 Å². The minimum absolute atomic E-state index is 0.293. The van der Waals surface area contributed by atoms with Crippen LogP contribution in [0.25, 0.3) is 0 Å². The number of benzene rings is 1. The Labute approximate surface area is 138 Å². The molecule has 4 nitrogen and oxygen atoms in total. The van der Waals surface area contributed by atoms with E-state index in [1.807, 2.05) is 0 Å². The maximum absolute atomic E-state index is 12.2. The molecular weight excluding hydrogens is 331 g/mol. The number of hydrogen-bond donors (Lipinski definition) is 2. The summed E-state index contributed by atoms with van der Waals surface area (Å²) in [7, 11) is 0. The lowest BCUT2D eigenvalue weighted by Crippen LogP contribution is -2.45. The molecule has 2 N–H and O–H groups in total. The van der Waals surface area contributed by atoms with Crippen LogP contribution in [0, 0.1) is 0 Å². The van der Waals surface area contributed by atoms with E-state index in [4.69, 9.17) is 40.2 Å². The average Bonchev–Trinajstić information content (AvgIpc) is 2.37. The van der Waals surface area contributed by atoms with Crippen molar-refractivity contribution in [1.82, 2.24) is 10.6 Å². The van der Waals surface area contributed by atoms with Crippen molar-refractivity contribution in [3.63, 3.8) is 0 Å². The molecule has 0 saturated carbocycles. The van der Waals surface area contributed by atoms with Gasteiger partial charge in [-0.05, 0) is 43.8 Å². The van der Waals surface area contributed by atoms with Gasteiger partial charge in [-0.25, -0.2) is 4.79 Å². The second-order valence-electron chi connectivity index (χ2n) is 4.46. The van der Waals surface area contributed by atoms with Crippen LogP contribution in [0.3, 0.4) is 0 Å². The van der Waals surface area contributed by atoms with Crippen LogP contribution < -0.4 is 10.6 Å². The largest absolute Gasteiger partial charge is 0.463 e. The van der Waals surface area contributed by atoms with Gasteiger partial charge in [0, 0.05) is 15.7 Å². The number of rotatable bonds is 3. The highest BCUT2D eigenvalue weighted by Crippen LogP contribution is 2.33. The number of nitrogens with one attached hydrogen (secondary N) is 2. The zero-order chi connectivity index (χ0) is 15.6. The molecule has 0 spiro atoms. The van der Waals surface area contributed by atoms with Gasteiger partial charge in [-0.15, -0.1) is 0 Å². The number of ether oxygens (including phenoxy) is 1. The molecule has 1 atom stereocenters. The molecule has 21 heavy (non-hydrogen) atoms. The molecule has 0 aromatic heterocycles. The molecule has 1 heterocycles. The van der Waals surface area contributed by atoms with Crippen LogP contribution in [0.4, 0.5) is 0 Å². The third-order valence-corrected chi connectivity index (χ3v) is 3.82. The zero-order valence-corrected chi connectivity index (χ0v) is 13.8. The summed E-state index contributed by atoms with van der Waals surface area (Å²) in [5.41, 5.74) is 1.82. The number of carbonyl (C=O) groups excluding carboxylic acids is 1. The van der Waals surface area contributed by atoms with Crippen LogP contribution in [-0.2, 0) is 9.53 Å². The maximum atomic E-state index is 12.2. The molecule has 0 fully saturated rings. The van der Waals surface area contributed by atoms with Crippen molar-refractivity contribution >= 4 is 46.5 Å². The molecule has 7 heteroatoms. The van der Waals surface area contributed by atoms with Crippen LogP contribution in [0.2, 0.25) is 10.0 Å². The van der Waals surface area contributed by atoms with Crippen LogP contribution in [-0.4, -0.2) is 17.7 Å². The molecule has 0 bridgehead atoms. The third kappa shape index (κ3) is 3.48. The first kappa shape index (κ1) is 16.1. The quantitative estimate of drug-likeness (QED) is 0.650. The van der Waals surface area contributed by atoms with Crippen molar-refractivity contribution < 1.29 is 9.53 Å². The van der Waals surface area contributed by atoms with Crippen molar-refractivity contribution in [3.05, 3.63) is 45.1 Å². The first-order valence-electron chi connectivity index (χ1n) is 6.34. The number of esters is 1. The Morgan fingerprint density at radius 1 is 1.43 bits per heavy atom. The smallest absolute Gasteiger partial charge is 0.338 e. The fourth-order valence-electron chi connectivity index (χ4n) is 2.14. The summed E-state index contributed by atoms with van der Waals surface area (Å²) in [5, 5.41) is 7.39. The number of thiocarbonyl (C=S) groups is 1. The van der Waals surface area contributed by atoms with Crippen molar-refractivity contribution in [1.29, 1.82) is 0 Å². The Morgan fingerprint density at radius 2 is 2.14 bits per heavy atom. The second-order valence-corrected chi connectivity index (χ2v) is 5.71. The van der Waals surface area contributed by atoms with E-state index in [-0.39, 0.29) is 0 Å². The fraction of sp³-hybridized carbons (Fsp3) is 0.286. The summed E-state index contributed by atoms with van der Waals surface area (Å²) in [6, 6.07) is 4.64. The van der Waals surface area contributed by atoms with Gasteiger partial charge in [-0.2, -0.15) is 0 Å². The normalized spacial score (nSPS) is 18.1. The molecular formula is C14H14Cl2N2O2S. The van der Waals surface area contributed by atoms with Gasteiger partial charge in [0.1, 0.15) is 0 Å². The number of hydrogen-bond acceptors (Lipinski definition) is 3. The summed E-state index contributed by atoms with van der Waals surface area (Å²) >= 11 is 17.3. The highest BCUT2D eigenvalue weighted by molar-refractivity contribution is 7.80. The Balaban J connectivity index is 2.49. The molecule has 1 aliphatic heterocycles. The lowest BCUT2D eigenvalue weighted by molar-refractivity contribution is -0.139. The summed E-state index contributed by atoms with van der Waals surface area (Å²) in [6.45, 7) is 3.82. The van der Waals surface area contributed by atoms with E-state index in [0.717, 1.165) is 0 Å². The first-order chi connectivity index (χ1) is 9.93. The lowest BCUT2D eigenvalue weighted by atomic mass is 9.95. The van der Waals surface area contributed by atoms with Gasteiger partial charge in [0.25, 0.3) is 0 Å². The van der Waals surface area contributed by atoms with E-state index in [9.17, 15) is 4.79 Å². The summed E-state index contributed by atoms with van der Waals surface area (Å²) in [5.74, 6) is -0.409. The maximum Gasteiger partial charge on any atom is 0.338 e. The molecule has 1 aromatic rings. The SMILES string of the molecule is CCOC(=O)C1=C(C)NC(=S)N[C@H]1c1ccc(Cl)cc1Cl. The number of allylic oxidation sites excluding steroid dienone is 1. The van der Waals surface area contributed by atoms with Crippen LogP contribution in [0.1, 0.15) is 25.5 Å². The van der Waals surface area contributed by atoms with Crippen molar-refractivity contribution in [2.75, 3.05) is 6.61 Å². The molecule has 0 unspecified atom stereocenters. The van der Waals surface area contributed by atoms with Gasteiger partial charge in [-0.1, -0.05) is 29.3 Å². The number of carbonyl (C=O) groups is 1. The van der Waals surface area contributed by atoms with Crippen LogP contribution in [0.5, 0.6) is 0 Å². The van der Waals surface area contributed by atoms with Crippen molar-refractivity contribution in [3.8, 4) is 0 Å². The predicted molar refractivity (Wildman–Crippen MR) is 87.4 cm³/mol. The fourth-order valence-corrected chi connectivity index (χ4v) is 2.93. The molecule has 2 rings (SSSR count). The van der Waals surface area contributed by atoms with E-state index in [0.29, 0.717) is 38.6 Å². The standard InChI is InChI=1S/C14H14Cl2N2O2S/c1-3-20-13(19)11-7(2)17-14(21)18-12(11)9-5-4-8(15)6-10(9)16/h4-6,12H,3H2,1-2H3,(H2,17,18,21)/t12-/m0/s1. The van der Waals surface area contributed by atoms with E-state index in [1.54, 1.807) is 32.0 Å². The molecule has 1 aromatic carbocycles. The average molecular weight is 345 g/mol. The highest BCUT2D eigenvalue weighted by Gasteiger charge is 2.32. The molecule has 0 radical (unpaired) electrons. The second kappa shape index (κ2) is 6.64. The predicted octanol–water partition coefficient (Wildman–Crippen LogP) is 3.35. The Kier molecular flexibility index (Phi) is 5.08. The van der Waals surface area contributed by atoms with E-state index in [1.165, 1.54) is 0 Å². The van der Waals surface area contributed by atoms with E-state index < -0.39 is 12.0 Å². The zero-order valence-electron chi connectivity index (χ0n) is 11.5. The summed E-state index contributed by atoms with van der Waals surface area (Å²) < 4.78 is 5.11. The van der Waals surface area contributed by atoms with Crippen LogP contribution >= 0.6 is 35.4 Å². The first-order valence-corrected chi connectivity index (χ1v) is 7.50. The Morgan fingerprint density at radius 3 is 2.76 bits per heavy atom. The van der Waals surface area contributed by atoms with Crippen LogP contribution in [0.15, 0.2) is 29.5 Å². The molecule has 112 valence electrons. The van der Waals surface area contributed by atoms with Gasteiger partial charge in [-0.3, -0.25) is 0 Å². The minimum atomic E-state index is -0.470. The van der Waals surface area contributed by atoms with Crippen molar-refractivity contribution in [2.24, 2.45) is 0 Å². The van der Waals surface area contributed by atoms with Gasteiger partial charge in [0.15, 0.2) is 5.11 Å². The molecule has 0 amide bonds. The topological polar surface area (TPSA) is 50.4 Å². The molecule has 1 aliphatic rings.